The zero-order chi connectivity index (χ0) is 14.1. The predicted molar refractivity (Wildman–Crippen MR) is 94.0 cm³/mol. The van der Waals surface area contributed by atoms with Crippen molar-refractivity contribution >= 4 is 59.9 Å². The molecule has 0 aliphatic heterocycles. The molecule has 4 nitrogen and oxygen atoms in total. The number of halogens is 1. The summed E-state index contributed by atoms with van der Waals surface area (Å²) in [4.78, 5) is 0. The van der Waals surface area contributed by atoms with Crippen molar-refractivity contribution in [2.24, 2.45) is 0 Å². The van der Waals surface area contributed by atoms with Gasteiger partial charge in [-0.3, -0.25) is 0 Å². The molecule has 0 spiro atoms. The van der Waals surface area contributed by atoms with Gasteiger partial charge < -0.3 is 0 Å². The summed E-state index contributed by atoms with van der Waals surface area (Å²) in [6.07, 6.45) is -3.27. The van der Waals surface area contributed by atoms with Gasteiger partial charge in [-0.05, 0) is 0 Å². The molecule has 0 radical (unpaired) electrons. The van der Waals surface area contributed by atoms with E-state index < -0.39 is 25.6 Å². The molecule has 4 atom stereocenters. The number of rotatable bonds is 9. The van der Waals surface area contributed by atoms with Gasteiger partial charge in [-0.25, -0.2) is 0 Å². The summed E-state index contributed by atoms with van der Waals surface area (Å²) in [5.41, 5.74) is 0. The number of thioether (sulfide) groups is 2. The second-order valence-corrected chi connectivity index (χ2v) is 13.2. The molecule has 0 aromatic carbocycles. The van der Waals surface area contributed by atoms with Crippen LogP contribution in [0.1, 0.15) is 13.8 Å². The van der Waals surface area contributed by atoms with E-state index in [1.807, 2.05) is 35.1 Å². The molecule has 0 saturated carbocycles. The summed E-state index contributed by atoms with van der Waals surface area (Å²) in [6, 6.07) is 0. The molecule has 0 bridgehead atoms. The number of aliphatic hydroxyl groups excluding tert-OH is 3. The Balaban J connectivity index is 4.34. The zero-order valence-electron chi connectivity index (χ0n) is 10.3. The van der Waals surface area contributed by atoms with Crippen molar-refractivity contribution in [1.29, 1.82) is 0 Å². The molecule has 0 amide bonds. The molecule has 0 aromatic rings. The number of thiol groups is 1. The summed E-state index contributed by atoms with van der Waals surface area (Å²) in [5.74, 6) is 1.70. The summed E-state index contributed by atoms with van der Waals surface area (Å²) in [6.45, 7) is 3.98. The van der Waals surface area contributed by atoms with Crippen LogP contribution in [-0.2, 0) is 4.18 Å². The first kappa shape index (κ1) is 20.1. The van der Waals surface area contributed by atoms with E-state index in [0.717, 1.165) is 11.5 Å². The summed E-state index contributed by atoms with van der Waals surface area (Å²) in [5, 5.41) is 29.7. The van der Waals surface area contributed by atoms with E-state index in [2.05, 4.69) is 7.81 Å². The maximum atomic E-state index is 10.1. The van der Waals surface area contributed by atoms with Gasteiger partial charge in [0.15, 0.2) is 0 Å². The summed E-state index contributed by atoms with van der Waals surface area (Å²) < 4.78 is 5.02. The first-order chi connectivity index (χ1) is 8.43. The number of hydrogen-bond acceptors (Lipinski definition) is 6. The third-order valence-electron chi connectivity index (χ3n) is 2.04. The molecule has 0 heterocycles. The molecule has 110 valence electrons. The van der Waals surface area contributed by atoms with Crippen LogP contribution in [0, 0.1) is 0 Å². The molecule has 1 unspecified atom stereocenters. The fraction of sp³-hybridized carbons (Fsp3) is 1.00. The average Bonchev–Trinajstić information content (AvgIpc) is 2.33. The molecular weight excluding hydrogens is 426 g/mol. The normalized spacial score (nSPS) is 18.6. The Morgan fingerprint density at radius 2 is 1.67 bits per heavy atom. The first-order valence-electron chi connectivity index (χ1n) is 5.49. The Hall–Kier alpha value is 2.05. The second kappa shape index (κ2) is 11.7. The van der Waals surface area contributed by atoms with Crippen LogP contribution in [0.25, 0.3) is 0 Å². The fourth-order valence-corrected chi connectivity index (χ4v) is 4.73. The van der Waals surface area contributed by atoms with Gasteiger partial charge in [0.25, 0.3) is 0 Å². The van der Waals surface area contributed by atoms with Crippen LogP contribution in [0.5, 0.6) is 0 Å². The molecule has 0 aliphatic carbocycles. The van der Waals surface area contributed by atoms with Crippen molar-refractivity contribution < 1.29 is 19.5 Å². The van der Waals surface area contributed by atoms with Crippen LogP contribution >= 0.6 is 59.9 Å². The third kappa shape index (κ3) is 8.36. The topological polar surface area (TPSA) is 69.9 Å². The van der Waals surface area contributed by atoms with E-state index in [1.165, 1.54) is 0 Å². The van der Waals surface area contributed by atoms with Gasteiger partial charge in [-0.15, -0.1) is 0 Å². The van der Waals surface area contributed by atoms with Crippen molar-refractivity contribution in [2.75, 3.05) is 18.1 Å². The van der Waals surface area contributed by atoms with Gasteiger partial charge in [0, 0.05) is 0 Å². The molecule has 0 rings (SSSR count). The van der Waals surface area contributed by atoms with Crippen molar-refractivity contribution in [3.05, 3.63) is 0 Å². The second-order valence-electron chi connectivity index (χ2n) is 3.35. The average molecular weight is 446 g/mol. The summed E-state index contributed by atoms with van der Waals surface area (Å²) in [7, 11) is 3.16. The van der Waals surface area contributed by atoms with E-state index in [0.29, 0.717) is 0 Å². The zero-order valence-corrected chi connectivity index (χ0v) is 15.8. The maximum absolute atomic E-state index is 10.1. The molecule has 3 N–H and O–H groups in total. The van der Waals surface area contributed by atoms with Crippen molar-refractivity contribution in [3.63, 3.8) is 0 Å². The Morgan fingerprint density at radius 3 is 2.06 bits per heavy atom. The van der Waals surface area contributed by atoms with Crippen LogP contribution in [0.15, 0.2) is 0 Å². The van der Waals surface area contributed by atoms with Crippen LogP contribution in [0.4, 0.5) is 0 Å². The predicted octanol–water partition coefficient (Wildman–Crippen LogP) is 2.51. The van der Waals surface area contributed by atoms with Crippen LogP contribution in [-0.4, -0.2) is 56.3 Å². The monoisotopic (exact) mass is 446 g/mol. The molecule has 0 aliphatic rings. The van der Waals surface area contributed by atoms with Gasteiger partial charge >= 0.3 is 134 Å². The molecule has 18 heavy (non-hydrogen) atoms. The van der Waals surface area contributed by atoms with E-state index >= 15 is 0 Å². The van der Waals surface area contributed by atoms with Crippen molar-refractivity contribution in [1.82, 2.24) is 0 Å². The van der Waals surface area contributed by atoms with E-state index in [4.69, 9.17) is 4.18 Å². The van der Waals surface area contributed by atoms with Gasteiger partial charge in [-0.2, -0.15) is 0 Å². The molecule has 9 heteroatoms. The SMILES string of the molecule is CCSC(SCC)[C@@H](O)[C@H](O)[C@H](O)CO[SH](#P)I. The van der Waals surface area contributed by atoms with E-state index in [-0.39, 0.29) is 11.2 Å². The van der Waals surface area contributed by atoms with E-state index in [9.17, 15) is 15.3 Å². The van der Waals surface area contributed by atoms with Gasteiger partial charge in [0.2, 0.25) is 0 Å². The Kier molecular flexibility index (Phi) is 13.0. The third-order valence-corrected chi connectivity index (χ3v) is 6.28. The van der Waals surface area contributed by atoms with Crippen molar-refractivity contribution in [3.8, 4) is 0 Å². The molecular formula is C9H20IO4PS3. The standard InChI is InChI=1S/C9H20IO4PS3/c1-3-16-9(17-4-2)8(13)7(12)6(11)5-14-18(10)15/h6-9,11-13,18H,3-5H2,1-2H3/t6-,7-,8+/m1/s1. The minimum atomic E-state index is -1.20. The van der Waals surface area contributed by atoms with Gasteiger partial charge in [0.1, 0.15) is 0 Å². The Bertz CT molecular complexity index is 283. The fourth-order valence-electron chi connectivity index (χ4n) is 1.20. The minimum absolute atomic E-state index is 0.0172. The van der Waals surface area contributed by atoms with Crippen LogP contribution < -0.4 is 0 Å². The quantitative estimate of drug-likeness (QED) is 0.189. The number of aliphatic hydroxyl groups is 3. The first-order valence-corrected chi connectivity index (χ1v) is 12.8. The van der Waals surface area contributed by atoms with Crippen LogP contribution in [0.2, 0.25) is 0 Å². The Labute approximate surface area is 133 Å². The van der Waals surface area contributed by atoms with E-state index in [1.54, 1.807) is 23.5 Å². The molecule has 0 aromatic heterocycles. The number of hydrogen-bond donors (Lipinski definition) is 4. The van der Waals surface area contributed by atoms with Gasteiger partial charge in [-0.1, -0.05) is 0 Å². The molecule has 0 saturated heterocycles. The summed E-state index contributed by atoms with van der Waals surface area (Å²) >= 11 is 5.14. The molecule has 0 fully saturated rings. The Morgan fingerprint density at radius 1 is 1.17 bits per heavy atom. The van der Waals surface area contributed by atoms with Gasteiger partial charge in [0.05, 0.1) is 0 Å². The van der Waals surface area contributed by atoms with Crippen molar-refractivity contribution in [2.45, 2.75) is 36.7 Å². The van der Waals surface area contributed by atoms with Crippen LogP contribution in [0.3, 0.4) is 0 Å².